The third kappa shape index (κ3) is 6.55. The van der Waals surface area contributed by atoms with E-state index >= 15 is 0 Å². The highest BCUT2D eigenvalue weighted by atomic mass is 16.5. The molecule has 5 heteroatoms. The number of hydrogen-bond donors (Lipinski definition) is 1. The van der Waals surface area contributed by atoms with Gasteiger partial charge in [-0.25, -0.2) is 0 Å². The van der Waals surface area contributed by atoms with E-state index in [2.05, 4.69) is 13.0 Å². The van der Waals surface area contributed by atoms with Crippen molar-refractivity contribution in [1.29, 1.82) is 5.26 Å². The molecule has 0 saturated heterocycles. The molecule has 2 unspecified atom stereocenters. The van der Waals surface area contributed by atoms with Crippen molar-refractivity contribution in [1.82, 2.24) is 0 Å². The average molecular weight is 373 g/mol. The zero-order valence-corrected chi connectivity index (χ0v) is 16.5. The van der Waals surface area contributed by atoms with Gasteiger partial charge in [-0.3, -0.25) is 4.79 Å². The summed E-state index contributed by atoms with van der Waals surface area (Å²) in [6, 6.07) is 7.34. The standard InChI is InChI=1S/C22H31NO4/c1-3-26-21(25)10-8-6-4-5-7-9-13-22(2)15-19(24)18-14-17(16-23)11-12-20(18)27-22/h11-12,14,19,24H,3-10,13,15H2,1-2H3. The Morgan fingerprint density at radius 1 is 1.30 bits per heavy atom. The summed E-state index contributed by atoms with van der Waals surface area (Å²) in [5, 5.41) is 19.5. The second-order valence-electron chi connectivity index (χ2n) is 7.56. The summed E-state index contributed by atoms with van der Waals surface area (Å²) < 4.78 is 11.1. The molecule has 0 saturated carbocycles. The van der Waals surface area contributed by atoms with Gasteiger partial charge in [-0.1, -0.05) is 25.7 Å². The van der Waals surface area contributed by atoms with Gasteiger partial charge >= 0.3 is 5.97 Å². The molecule has 0 radical (unpaired) electrons. The highest BCUT2D eigenvalue weighted by molar-refractivity contribution is 5.69. The van der Waals surface area contributed by atoms with E-state index in [-0.39, 0.29) is 11.6 Å². The number of aliphatic hydroxyl groups is 1. The normalized spacial score (nSPS) is 21.0. The highest BCUT2D eigenvalue weighted by Gasteiger charge is 2.36. The minimum Gasteiger partial charge on any atom is -0.487 e. The molecule has 0 fully saturated rings. The number of nitrogens with zero attached hydrogens (tertiary/aromatic N) is 1. The van der Waals surface area contributed by atoms with Crippen LogP contribution in [0.25, 0.3) is 0 Å². The minimum atomic E-state index is -0.588. The quantitative estimate of drug-likeness (QED) is 0.470. The SMILES string of the molecule is CCOC(=O)CCCCCCCCC1(C)CC(O)c2cc(C#N)ccc2O1. The molecule has 0 bridgehead atoms. The third-order valence-corrected chi connectivity index (χ3v) is 5.12. The van der Waals surface area contributed by atoms with Gasteiger partial charge in [0.2, 0.25) is 0 Å². The van der Waals surface area contributed by atoms with Gasteiger partial charge in [-0.15, -0.1) is 0 Å². The molecule has 2 rings (SSSR count). The van der Waals surface area contributed by atoms with Gasteiger partial charge in [-0.05, 0) is 51.3 Å². The predicted octanol–water partition coefficient (Wildman–Crippen LogP) is 4.82. The van der Waals surface area contributed by atoms with Gasteiger partial charge in [0, 0.05) is 18.4 Å². The van der Waals surface area contributed by atoms with Crippen molar-refractivity contribution in [2.24, 2.45) is 0 Å². The second-order valence-corrected chi connectivity index (χ2v) is 7.56. The Bertz CT molecular complexity index is 667. The molecule has 1 N–H and O–H groups in total. The van der Waals surface area contributed by atoms with E-state index in [4.69, 9.17) is 14.7 Å². The second kappa shape index (κ2) is 10.3. The number of aliphatic hydroxyl groups excluding tert-OH is 1. The molecular formula is C22H31NO4. The zero-order chi connectivity index (χ0) is 19.7. The summed E-state index contributed by atoms with van der Waals surface area (Å²) in [6.45, 7) is 4.34. The maximum atomic E-state index is 11.3. The van der Waals surface area contributed by atoms with Crippen molar-refractivity contribution in [2.75, 3.05) is 6.61 Å². The molecule has 0 spiro atoms. The van der Waals surface area contributed by atoms with Gasteiger partial charge in [-0.2, -0.15) is 5.26 Å². The molecule has 1 aromatic carbocycles. The molecule has 1 aliphatic rings. The fraction of sp³-hybridized carbons (Fsp3) is 0.636. The Labute approximate surface area is 162 Å². The van der Waals surface area contributed by atoms with E-state index in [1.165, 1.54) is 0 Å². The number of rotatable bonds is 10. The Hall–Kier alpha value is -2.06. The first kappa shape index (κ1) is 21.2. The number of hydrogen-bond acceptors (Lipinski definition) is 5. The topological polar surface area (TPSA) is 79.5 Å². The summed E-state index contributed by atoms with van der Waals surface area (Å²) in [7, 11) is 0. The van der Waals surface area contributed by atoms with Crippen LogP contribution in [0, 0.1) is 11.3 Å². The molecule has 1 heterocycles. The number of carbonyl (C=O) groups excluding carboxylic acids is 1. The van der Waals surface area contributed by atoms with E-state index in [1.54, 1.807) is 18.2 Å². The van der Waals surface area contributed by atoms with Crippen molar-refractivity contribution < 1.29 is 19.4 Å². The molecular weight excluding hydrogens is 342 g/mol. The van der Waals surface area contributed by atoms with Crippen molar-refractivity contribution in [3.05, 3.63) is 29.3 Å². The summed E-state index contributed by atoms with van der Waals surface area (Å²) in [5.41, 5.74) is 0.890. The lowest BCUT2D eigenvalue weighted by Crippen LogP contribution is -2.38. The van der Waals surface area contributed by atoms with Crippen LogP contribution in [0.15, 0.2) is 18.2 Å². The van der Waals surface area contributed by atoms with Crippen molar-refractivity contribution >= 4 is 5.97 Å². The maximum Gasteiger partial charge on any atom is 0.305 e. The fourth-order valence-corrected chi connectivity index (χ4v) is 3.66. The van der Waals surface area contributed by atoms with Gasteiger partial charge in [0.25, 0.3) is 0 Å². The molecule has 0 amide bonds. The van der Waals surface area contributed by atoms with Crippen LogP contribution in [-0.2, 0) is 9.53 Å². The number of carbonyl (C=O) groups is 1. The number of esters is 1. The lowest BCUT2D eigenvalue weighted by atomic mass is 9.86. The van der Waals surface area contributed by atoms with Gasteiger partial charge in [0.05, 0.1) is 24.3 Å². The summed E-state index contributed by atoms with van der Waals surface area (Å²) in [6.07, 6.45) is 7.76. The number of nitriles is 1. The van der Waals surface area contributed by atoms with Crippen LogP contribution in [0.4, 0.5) is 0 Å². The zero-order valence-electron chi connectivity index (χ0n) is 16.5. The monoisotopic (exact) mass is 373 g/mol. The Morgan fingerprint density at radius 2 is 2.00 bits per heavy atom. The van der Waals surface area contributed by atoms with Gasteiger partial charge < -0.3 is 14.6 Å². The Kier molecular flexibility index (Phi) is 8.12. The van der Waals surface area contributed by atoms with Crippen LogP contribution in [0.5, 0.6) is 5.75 Å². The van der Waals surface area contributed by atoms with Crippen LogP contribution in [0.1, 0.15) is 88.9 Å². The first-order chi connectivity index (χ1) is 13.0. The fourth-order valence-electron chi connectivity index (χ4n) is 3.66. The number of unbranched alkanes of at least 4 members (excludes halogenated alkanes) is 5. The van der Waals surface area contributed by atoms with Crippen LogP contribution >= 0.6 is 0 Å². The molecule has 1 aromatic rings. The van der Waals surface area contributed by atoms with Crippen LogP contribution < -0.4 is 4.74 Å². The van der Waals surface area contributed by atoms with Crippen LogP contribution in [0.3, 0.4) is 0 Å². The molecule has 1 aliphatic heterocycles. The third-order valence-electron chi connectivity index (χ3n) is 5.12. The van der Waals surface area contributed by atoms with Gasteiger partial charge in [0.15, 0.2) is 0 Å². The van der Waals surface area contributed by atoms with Crippen LogP contribution in [-0.4, -0.2) is 23.3 Å². The van der Waals surface area contributed by atoms with Crippen LogP contribution in [0.2, 0.25) is 0 Å². The molecule has 2 atom stereocenters. The van der Waals surface area contributed by atoms with Crippen molar-refractivity contribution in [3.63, 3.8) is 0 Å². The van der Waals surface area contributed by atoms with E-state index < -0.39 is 6.10 Å². The summed E-state index contributed by atoms with van der Waals surface area (Å²) in [5.74, 6) is 0.592. The summed E-state index contributed by atoms with van der Waals surface area (Å²) >= 11 is 0. The summed E-state index contributed by atoms with van der Waals surface area (Å²) in [4.78, 5) is 11.3. The smallest absolute Gasteiger partial charge is 0.305 e. The minimum absolute atomic E-state index is 0.0967. The van der Waals surface area contributed by atoms with E-state index in [0.717, 1.165) is 44.9 Å². The molecule has 27 heavy (non-hydrogen) atoms. The molecule has 5 nitrogen and oxygen atoms in total. The van der Waals surface area contributed by atoms with Gasteiger partial charge in [0.1, 0.15) is 11.4 Å². The number of fused-ring (bicyclic) bond motifs is 1. The first-order valence-corrected chi connectivity index (χ1v) is 10.0. The van der Waals surface area contributed by atoms with E-state index in [0.29, 0.717) is 36.3 Å². The van der Waals surface area contributed by atoms with Crippen molar-refractivity contribution in [2.45, 2.75) is 83.3 Å². The lowest BCUT2D eigenvalue weighted by molar-refractivity contribution is -0.143. The maximum absolute atomic E-state index is 11.3. The number of benzene rings is 1. The molecule has 148 valence electrons. The van der Waals surface area contributed by atoms with E-state index in [9.17, 15) is 9.90 Å². The molecule has 0 aromatic heterocycles. The lowest BCUT2D eigenvalue weighted by Gasteiger charge is -2.38. The first-order valence-electron chi connectivity index (χ1n) is 10.0. The predicted molar refractivity (Wildman–Crippen MR) is 103 cm³/mol. The molecule has 0 aliphatic carbocycles. The Morgan fingerprint density at radius 3 is 2.70 bits per heavy atom. The largest absolute Gasteiger partial charge is 0.487 e. The average Bonchev–Trinajstić information content (AvgIpc) is 2.64. The highest BCUT2D eigenvalue weighted by Crippen LogP contribution is 2.42. The Balaban J connectivity index is 1.67. The van der Waals surface area contributed by atoms with E-state index in [1.807, 2.05) is 6.92 Å². The number of ether oxygens (including phenoxy) is 2. The van der Waals surface area contributed by atoms with Crippen molar-refractivity contribution in [3.8, 4) is 11.8 Å².